The number of benzene rings is 2. The van der Waals surface area contributed by atoms with Gasteiger partial charge in [-0.1, -0.05) is 67.4 Å². The summed E-state index contributed by atoms with van der Waals surface area (Å²) in [5, 5.41) is 4.77. The Balaban J connectivity index is 1.37. The molecule has 5 rings (SSSR count). The Hall–Kier alpha value is -2.61. The van der Waals surface area contributed by atoms with Crippen LogP contribution in [0.15, 0.2) is 66.4 Å². The van der Waals surface area contributed by atoms with Gasteiger partial charge >= 0.3 is 0 Å². The van der Waals surface area contributed by atoms with Gasteiger partial charge in [-0.2, -0.15) is 5.10 Å². The molecular weight excluding hydrogens is 364 g/mol. The third-order valence-electron chi connectivity index (χ3n) is 7.54. The minimum Gasteiger partial charge on any atom is -0.233 e. The summed E-state index contributed by atoms with van der Waals surface area (Å²) in [6, 6.07) is 19.7. The van der Waals surface area contributed by atoms with Crippen LogP contribution in [-0.4, -0.2) is 9.78 Å². The molecule has 30 heavy (non-hydrogen) atoms. The normalized spacial score (nSPS) is 23.6. The SMILES string of the molecule is Cc1ccc(-n2ncc3c2C=C2CC[C@H](C[C@@H](C)Cc4ccccc4)[C@@]2(C)C3)cc1. The van der Waals surface area contributed by atoms with Crippen LogP contribution in [0.4, 0.5) is 0 Å². The average Bonchev–Trinajstić information content (AvgIpc) is 3.28. The highest BCUT2D eigenvalue weighted by Gasteiger charge is 2.45. The molecule has 0 amide bonds. The van der Waals surface area contributed by atoms with Crippen molar-refractivity contribution >= 4 is 6.08 Å². The molecule has 3 atom stereocenters. The van der Waals surface area contributed by atoms with Crippen LogP contribution in [0.1, 0.15) is 55.5 Å². The van der Waals surface area contributed by atoms with E-state index in [2.05, 4.69) is 92.3 Å². The summed E-state index contributed by atoms with van der Waals surface area (Å²) >= 11 is 0. The third-order valence-corrected chi connectivity index (χ3v) is 7.54. The van der Waals surface area contributed by atoms with Crippen molar-refractivity contribution in [3.05, 3.63) is 88.8 Å². The number of hydrogen-bond acceptors (Lipinski definition) is 1. The molecule has 154 valence electrons. The Morgan fingerprint density at radius 2 is 1.87 bits per heavy atom. The summed E-state index contributed by atoms with van der Waals surface area (Å²) in [6.45, 7) is 7.08. The van der Waals surface area contributed by atoms with E-state index in [-0.39, 0.29) is 0 Å². The van der Waals surface area contributed by atoms with Crippen molar-refractivity contribution in [2.24, 2.45) is 17.3 Å². The van der Waals surface area contributed by atoms with E-state index in [9.17, 15) is 0 Å². The molecule has 1 heterocycles. The van der Waals surface area contributed by atoms with Crippen LogP contribution in [0.3, 0.4) is 0 Å². The van der Waals surface area contributed by atoms with E-state index < -0.39 is 0 Å². The van der Waals surface area contributed by atoms with Crippen molar-refractivity contribution in [3.8, 4) is 5.69 Å². The van der Waals surface area contributed by atoms with Crippen LogP contribution < -0.4 is 0 Å². The summed E-state index contributed by atoms with van der Waals surface area (Å²) in [4.78, 5) is 0. The predicted molar refractivity (Wildman–Crippen MR) is 125 cm³/mol. The van der Waals surface area contributed by atoms with Crippen LogP contribution in [0, 0.1) is 24.2 Å². The van der Waals surface area contributed by atoms with E-state index in [1.807, 2.05) is 0 Å². The Morgan fingerprint density at radius 3 is 2.63 bits per heavy atom. The van der Waals surface area contributed by atoms with Crippen LogP contribution in [-0.2, 0) is 12.8 Å². The van der Waals surface area contributed by atoms with Gasteiger partial charge in [0.2, 0.25) is 0 Å². The third kappa shape index (κ3) is 3.43. The summed E-state index contributed by atoms with van der Waals surface area (Å²) in [5.41, 5.74) is 8.55. The number of hydrogen-bond donors (Lipinski definition) is 0. The van der Waals surface area contributed by atoms with Crippen LogP contribution in [0.2, 0.25) is 0 Å². The Kier molecular flexibility index (Phi) is 4.89. The van der Waals surface area contributed by atoms with Gasteiger partial charge in [-0.25, -0.2) is 4.68 Å². The van der Waals surface area contributed by atoms with Gasteiger partial charge in [-0.05, 0) is 85.6 Å². The molecule has 2 nitrogen and oxygen atoms in total. The highest BCUT2D eigenvalue weighted by molar-refractivity contribution is 5.61. The molecule has 0 N–H and O–H groups in total. The predicted octanol–water partition coefficient (Wildman–Crippen LogP) is 6.81. The summed E-state index contributed by atoms with van der Waals surface area (Å²) in [6.07, 6.45) is 10.8. The average molecular weight is 397 g/mol. The molecule has 0 bridgehead atoms. The molecule has 3 aromatic rings. The fraction of sp³-hybridized carbons (Fsp3) is 0.393. The fourth-order valence-corrected chi connectivity index (χ4v) is 5.79. The molecule has 1 fully saturated rings. The zero-order chi connectivity index (χ0) is 20.7. The quantitative estimate of drug-likeness (QED) is 0.463. The second kappa shape index (κ2) is 7.58. The molecule has 0 unspecified atom stereocenters. The molecule has 0 aliphatic heterocycles. The van der Waals surface area contributed by atoms with E-state index in [4.69, 9.17) is 5.10 Å². The van der Waals surface area contributed by atoms with Crippen molar-refractivity contribution in [2.75, 3.05) is 0 Å². The zero-order valence-electron chi connectivity index (χ0n) is 18.4. The lowest BCUT2D eigenvalue weighted by atomic mass is 9.67. The maximum Gasteiger partial charge on any atom is 0.0700 e. The molecule has 1 saturated carbocycles. The molecule has 0 saturated heterocycles. The number of aryl methyl sites for hydroxylation is 1. The maximum absolute atomic E-state index is 4.77. The second-order valence-corrected chi connectivity index (χ2v) is 9.83. The topological polar surface area (TPSA) is 17.8 Å². The van der Waals surface area contributed by atoms with Crippen LogP contribution in [0.25, 0.3) is 11.8 Å². The van der Waals surface area contributed by atoms with Gasteiger partial charge in [0.05, 0.1) is 17.6 Å². The van der Waals surface area contributed by atoms with Crippen molar-refractivity contribution in [1.29, 1.82) is 0 Å². The molecule has 0 radical (unpaired) electrons. The van der Waals surface area contributed by atoms with Crippen LogP contribution >= 0.6 is 0 Å². The van der Waals surface area contributed by atoms with Crippen molar-refractivity contribution in [1.82, 2.24) is 9.78 Å². The number of nitrogens with zero attached hydrogens (tertiary/aromatic N) is 2. The van der Waals surface area contributed by atoms with Crippen LogP contribution in [0.5, 0.6) is 0 Å². The summed E-state index contributed by atoms with van der Waals surface area (Å²) in [7, 11) is 0. The van der Waals surface area contributed by atoms with E-state index in [0.717, 1.165) is 18.0 Å². The first-order valence-electron chi connectivity index (χ1n) is 11.4. The standard InChI is InChI=1S/C28H32N2/c1-20-9-13-26(14-10-20)30-27-17-25-12-11-24(28(25,3)18-23(27)19-29-30)16-21(2)15-22-7-5-4-6-8-22/h4-10,13-14,17,19,21,24H,11-12,15-16,18H2,1-3H3/t21-,24+,28+/m0/s1. The first kappa shape index (κ1) is 19.4. The number of rotatable bonds is 5. The molecule has 2 heteroatoms. The molecule has 2 aliphatic carbocycles. The number of fused-ring (bicyclic) bond motifs is 2. The van der Waals surface area contributed by atoms with Gasteiger partial charge in [0.15, 0.2) is 0 Å². The first-order chi connectivity index (χ1) is 14.5. The molecular formula is C28H32N2. The Morgan fingerprint density at radius 1 is 1.10 bits per heavy atom. The van der Waals surface area contributed by atoms with E-state index in [0.29, 0.717) is 11.3 Å². The first-order valence-corrected chi connectivity index (χ1v) is 11.4. The lowest BCUT2D eigenvalue weighted by molar-refractivity contribution is 0.226. The van der Waals surface area contributed by atoms with E-state index in [1.54, 1.807) is 5.57 Å². The summed E-state index contributed by atoms with van der Waals surface area (Å²) in [5.74, 6) is 1.48. The summed E-state index contributed by atoms with van der Waals surface area (Å²) < 4.78 is 2.13. The van der Waals surface area contributed by atoms with E-state index >= 15 is 0 Å². The molecule has 1 aromatic heterocycles. The largest absolute Gasteiger partial charge is 0.233 e. The zero-order valence-corrected chi connectivity index (χ0v) is 18.4. The number of allylic oxidation sites excluding steroid dienone is 1. The second-order valence-electron chi connectivity index (χ2n) is 9.83. The van der Waals surface area contributed by atoms with Gasteiger partial charge < -0.3 is 0 Å². The van der Waals surface area contributed by atoms with Crippen molar-refractivity contribution in [2.45, 2.75) is 52.9 Å². The van der Waals surface area contributed by atoms with Crippen molar-refractivity contribution < 1.29 is 0 Å². The minimum absolute atomic E-state index is 0.291. The van der Waals surface area contributed by atoms with E-state index in [1.165, 1.54) is 48.1 Å². The minimum atomic E-state index is 0.291. The molecule has 0 spiro atoms. The smallest absolute Gasteiger partial charge is 0.0700 e. The lowest BCUT2D eigenvalue weighted by Gasteiger charge is -2.37. The van der Waals surface area contributed by atoms with Gasteiger partial charge in [0.25, 0.3) is 0 Å². The van der Waals surface area contributed by atoms with Gasteiger partial charge in [0, 0.05) is 0 Å². The monoisotopic (exact) mass is 396 g/mol. The molecule has 2 aromatic carbocycles. The van der Waals surface area contributed by atoms with Gasteiger partial charge in [0.1, 0.15) is 0 Å². The fourth-order valence-electron chi connectivity index (χ4n) is 5.79. The molecule has 2 aliphatic rings. The Bertz CT molecular complexity index is 1060. The lowest BCUT2D eigenvalue weighted by Crippen LogP contribution is -2.30. The van der Waals surface area contributed by atoms with Gasteiger partial charge in [-0.15, -0.1) is 0 Å². The highest BCUT2D eigenvalue weighted by Crippen LogP contribution is 2.55. The van der Waals surface area contributed by atoms with Crippen molar-refractivity contribution in [3.63, 3.8) is 0 Å². The highest BCUT2D eigenvalue weighted by atomic mass is 15.3. The maximum atomic E-state index is 4.77. The van der Waals surface area contributed by atoms with Gasteiger partial charge in [-0.3, -0.25) is 0 Å². The number of aromatic nitrogens is 2. The Labute approximate surface area is 180 Å².